The zero-order valence-corrected chi connectivity index (χ0v) is 8.88. The van der Waals surface area contributed by atoms with Crippen LogP contribution in [0.1, 0.15) is 12.5 Å². The summed E-state index contributed by atoms with van der Waals surface area (Å²) in [4.78, 5) is 26.2. The third kappa shape index (κ3) is 3.36. The molecule has 0 amide bonds. The van der Waals surface area contributed by atoms with Crippen molar-refractivity contribution in [2.24, 2.45) is 11.8 Å². The van der Waals surface area contributed by atoms with Crippen LogP contribution in [0, 0.1) is 5.92 Å². The van der Waals surface area contributed by atoms with Gasteiger partial charge in [-0.3, -0.25) is 4.79 Å². The molecule has 1 aromatic rings. The molecule has 5 heteroatoms. The van der Waals surface area contributed by atoms with Crippen LogP contribution in [0.3, 0.4) is 0 Å². The average Bonchev–Trinajstić information content (AvgIpc) is 2.35. The monoisotopic (exact) mass is 223 g/mol. The minimum absolute atomic E-state index is 0.127. The van der Waals surface area contributed by atoms with Crippen LogP contribution < -0.4 is 5.90 Å². The number of hydrogen-bond acceptors (Lipinski definition) is 5. The minimum Gasteiger partial charge on any atom is -0.460 e. The van der Waals surface area contributed by atoms with E-state index in [1.807, 2.05) is 30.3 Å². The quantitative estimate of drug-likeness (QED) is 0.463. The van der Waals surface area contributed by atoms with Crippen LogP contribution in [0.5, 0.6) is 0 Å². The Morgan fingerprint density at radius 1 is 1.25 bits per heavy atom. The van der Waals surface area contributed by atoms with E-state index >= 15 is 0 Å². The molecule has 0 aliphatic heterocycles. The topological polar surface area (TPSA) is 78.6 Å². The number of carbonyl (C=O) groups is 2. The van der Waals surface area contributed by atoms with E-state index in [1.165, 1.54) is 6.92 Å². The van der Waals surface area contributed by atoms with Crippen molar-refractivity contribution in [2.45, 2.75) is 13.5 Å². The normalized spacial score (nSPS) is 11.6. The van der Waals surface area contributed by atoms with Gasteiger partial charge in [-0.15, -0.1) is 0 Å². The van der Waals surface area contributed by atoms with Crippen LogP contribution in [0.25, 0.3) is 0 Å². The van der Waals surface area contributed by atoms with Crippen molar-refractivity contribution in [1.29, 1.82) is 0 Å². The van der Waals surface area contributed by atoms with Crippen molar-refractivity contribution in [2.75, 3.05) is 0 Å². The standard InChI is InChI=1S/C11H13NO4/c1-8(11(14)16-12)10(13)15-7-9-5-3-2-4-6-9/h2-6,8H,7,12H2,1H3. The van der Waals surface area contributed by atoms with Crippen LogP contribution in [-0.2, 0) is 25.8 Å². The van der Waals surface area contributed by atoms with E-state index in [0.717, 1.165) is 5.56 Å². The van der Waals surface area contributed by atoms with Gasteiger partial charge in [0.15, 0.2) is 5.92 Å². The molecule has 0 saturated heterocycles. The molecule has 0 fully saturated rings. The van der Waals surface area contributed by atoms with E-state index in [-0.39, 0.29) is 6.61 Å². The molecular formula is C11H13NO4. The van der Waals surface area contributed by atoms with Gasteiger partial charge in [0.25, 0.3) is 0 Å². The van der Waals surface area contributed by atoms with Crippen molar-refractivity contribution in [3.63, 3.8) is 0 Å². The molecule has 5 nitrogen and oxygen atoms in total. The molecule has 0 aliphatic carbocycles. The Kier molecular flexibility index (Phi) is 4.47. The molecule has 0 bridgehead atoms. The van der Waals surface area contributed by atoms with Crippen molar-refractivity contribution in [3.05, 3.63) is 35.9 Å². The molecule has 1 rings (SSSR count). The highest BCUT2D eigenvalue weighted by molar-refractivity contribution is 5.94. The third-order valence-electron chi connectivity index (χ3n) is 2.05. The summed E-state index contributed by atoms with van der Waals surface area (Å²) in [7, 11) is 0. The fraction of sp³-hybridized carbons (Fsp3) is 0.273. The largest absolute Gasteiger partial charge is 0.460 e. The van der Waals surface area contributed by atoms with Crippen molar-refractivity contribution in [1.82, 2.24) is 0 Å². The molecule has 1 unspecified atom stereocenters. The van der Waals surface area contributed by atoms with E-state index in [1.54, 1.807) is 0 Å². The first-order valence-electron chi connectivity index (χ1n) is 4.76. The summed E-state index contributed by atoms with van der Waals surface area (Å²) >= 11 is 0. The Balaban J connectivity index is 2.44. The van der Waals surface area contributed by atoms with Crippen LogP contribution in [0.2, 0.25) is 0 Å². The highest BCUT2D eigenvalue weighted by Crippen LogP contribution is 2.05. The second-order valence-corrected chi connectivity index (χ2v) is 3.25. The summed E-state index contributed by atoms with van der Waals surface area (Å²) in [5.74, 6) is 2.19. The third-order valence-corrected chi connectivity index (χ3v) is 2.05. The van der Waals surface area contributed by atoms with Crippen LogP contribution >= 0.6 is 0 Å². The van der Waals surface area contributed by atoms with Gasteiger partial charge in [-0.2, -0.15) is 5.90 Å². The smallest absolute Gasteiger partial charge is 0.338 e. The van der Waals surface area contributed by atoms with Crippen molar-refractivity contribution in [3.8, 4) is 0 Å². The lowest BCUT2D eigenvalue weighted by molar-refractivity contribution is -0.162. The summed E-state index contributed by atoms with van der Waals surface area (Å²) in [5, 5.41) is 0. The fourth-order valence-corrected chi connectivity index (χ4v) is 1.05. The maximum atomic E-state index is 11.3. The highest BCUT2D eigenvalue weighted by Gasteiger charge is 2.24. The molecule has 1 atom stereocenters. The van der Waals surface area contributed by atoms with E-state index < -0.39 is 17.9 Å². The Morgan fingerprint density at radius 2 is 1.88 bits per heavy atom. The zero-order chi connectivity index (χ0) is 12.0. The van der Waals surface area contributed by atoms with E-state index in [2.05, 4.69) is 10.7 Å². The SMILES string of the molecule is CC(C(=O)ON)C(=O)OCc1ccccc1. The first-order chi connectivity index (χ1) is 7.65. The summed E-state index contributed by atoms with van der Waals surface area (Å²) < 4.78 is 4.92. The lowest BCUT2D eigenvalue weighted by Crippen LogP contribution is -2.27. The number of benzene rings is 1. The summed E-state index contributed by atoms with van der Waals surface area (Å²) in [6.07, 6.45) is 0. The Bertz CT molecular complexity index is 364. The molecule has 0 spiro atoms. The van der Waals surface area contributed by atoms with Gasteiger partial charge in [-0.25, -0.2) is 4.79 Å². The Morgan fingerprint density at radius 3 is 2.44 bits per heavy atom. The first kappa shape index (κ1) is 12.2. The van der Waals surface area contributed by atoms with Gasteiger partial charge >= 0.3 is 11.9 Å². The second-order valence-electron chi connectivity index (χ2n) is 3.25. The van der Waals surface area contributed by atoms with Crippen LogP contribution in [0.4, 0.5) is 0 Å². The lowest BCUT2D eigenvalue weighted by atomic mass is 10.2. The molecule has 86 valence electrons. The van der Waals surface area contributed by atoms with Gasteiger partial charge in [-0.05, 0) is 12.5 Å². The summed E-state index contributed by atoms with van der Waals surface area (Å²) in [6, 6.07) is 9.17. The maximum absolute atomic E-state index is 11.3. The van der Waals surface area contributed by atoms with Gasteiger partial charge in [0, 0.05) is 0 Å². The Hall–Kier alpha value is -1.88. The number of esters is 1. The zero-order valence-electron chi connectivity index (χ0n) is 8.88. The molecular weight excluding hydrogens is 210 g/mol. The molecule has 1 aromatic carbocycles. The number of hydrogen-bond donors (Lipinski definition) is 1. The highest BCUT2D eigenvalue weighted by atomic mass is 16.7. The minimum atomic E-state index is -1.01. The number of nitrogens with two attached hydrogens (primary N) is 1. The average molecular weight is 223 g/mol. The van der Waals surface area contributed by atoms with Gasteiger partial charge < -0.3 is 9.57 Å². The molecule has 0 aromatic heterocycles. The second kappa shape index (κ2) is 5.87. The molecule has 0 radical (unpaired) electrons. The maximum Gasteiger partial charge on any atom is 0.338 e. The predicted molar refractivity (Wildman–Crippen MR) is 55.7 cm³/mol. The van der Waals surface area contributed by atoms with Crippen molar-refractivity contribution < 1.29 is 19.2 Å². The molecule has 2 N–H and O–H groups in total. The van der Waals surface area contributed by atoms with Gasteiger partial charge in [-0.1, -0.05) is 30.3 Å². The lowest BCUT2D eigenvalue weighted by Gasteiger charge is -2.08. The van der Waals surface area contributed by atoms with Crippen LogP contribution in [-0.4, -0.2) is 11.9 Å². The number of rotatable bonds is 4. The first-order valence-corrected chi connectivity index (χ1v) is 4.76. The van der Waals surface area contributed by atoms with Crippen molar-refractivity contribution >= 4 is 11.9 Å². The van der Waals surface area contributed by atoms with E-state index in [0.29, 0.717) is 0 Å². The van der Waals surface area contributed by atoms with Gasteiger partial charge in [0.2, 0.25) is 0 Å². The van der Waals surface area contributed by atoms with Gasteiger partial charge in [0.05, 0.1) is 0 Å². The summed E-state index contributed by atoms with van der Waals surface area (Å²) in [6.45, 7) is 1.50. The molecule has 16 heavy (non-hydrogen) atoms. The van der Waals surface area contributed by atoms with Gasteiger partial charge in [0.1, 0.15) is 6.61 Å². The Labute approximate surface area is 93.1 Å². The van der Waals surface area contributed by atoms with E-state index in [4.69, 9.17) is 4.74 Å². The number of carbonyl (C=O) groups excluding carboxylic acids is 2. The van der Waals surface area contributed by atoms with E-state index in [9.17, 15) is 9.59 Å². The molecule has 0 heterocycles. The van der Waals surface area contributed by atoms with Crippen LogP contribution in [0.15, 0.2) is 30.3 Å². The predicted octanol–water partition coefficient (Wildman–Crippen LogP) is 0.783. The fourth-order valence-electron chi connectivity index (χ4n) is 1.05. The number of ether oxygens (including phenoxy) is 1. The summed E-state index contributed by atoms with van der Waals surface area (Å²) in [5.41, 5.74) is 0.851. The molecule has 0 aliphatic rings. The molecule has 0 saturated carbocycles.